The fourth-order valence-corrected chi connectivity index (χ4v) is 4.13. The third kappa shape index (κ3) is 3.63. The first-order chi connectivity index (χ1) is 14.7. The standard InChI is InChI=1S/C21H17FN4O3S/c22-12-5-6-16-14(7-12)15-9-24-26-21(20(15)25-16)30-11-19(27)23-8-13-10-28-17-3-1-2-4-18(17)29-13/h1-7,9,13,25H,8,10-11H2,(H,23,27)/t13-/m0/s1. The van der Waals surface area contributed by atoms with Crippen LogP contribution in [0.25, 0.3) is 21.8 Å². The van der Waals surface area contributed by atoms with Crippen molar-refractivity contribution in [2.24, 2.45) is 0 Å². The molecule has 0 saturated carbocycles. The molecule has 9 heteroatoms. The second kappa shape index (κ2) is 7.83. The van der Waals surface area contributed by atoms with Crippen molar-refractivity contribution >= 4 is 39.5 Å². The van der Waals surface area contributed by atoms with Crippen molar-refractivity contribution in [2.45, 2.75) is 11.1 Å². The molecule has 0 spiro atoms. The van der Waals surface area contributed by atoms with Crippen molar-refractivity contribution < 1.29 is 18.7 Å². The van der Waals surface area contributed by atoms with Crippen LogP contribution >= 0.6 is 11.8 Å². The van der Waals surface area contributed by atoms with Gasteiger partial charge in [0.25, 0.3) is 0 Å². The third-order valence-corrected chi connectivity index (χ3v) is 5.75. The summed E-state index contributed by atoms with van der Waals surface area (Å²) in [5.74, 6) is 1.09. The molecule has 2 aromatic heterocycles. The van der Waals surface area contributed by atoms with Crippen molar-refractivity contribution in [1.82, 2.24) is 20.5 Å². The summed E-state index contributed by atoms with van der Waals surface area (Å²) in [4.78, 5) is 15.6. The molecule has 1 aliphatic heterocycles. The molecule has 4 aromatic rings. The Balaban J connectivity index is 1.22. The molecular weight excluding hydrogens is 407 g/mol. The molecule has 1 atom stereocenters. The van der Waals surface area contributed by atoms with Crippen LogP contribution in [0.3, 0.4) is 0 Å². The quantitative estimate of drug-likeness (QED) is 0.478. The van der Waals surface area contributed by atoms with Crippen LogP contribution in [-0.4, -0.2) is 46.1 Å². The topological polar surface area (TPSA) is 89.1 Å². The number of para-hydroxylation sites is 2. The maximum absolute atomic E-state index is 13.6. The number of fused-ring (bicyclic) bond motifs is 4. The number of benzene rings is 2. The lowest BCUT2D eigenvalue weighted by atomic mass is 10.2. The fraction of sp³-hybridized carbons (Fsp3) is 0.190. The predicted octanol–water partition coefficient (Wildman–Crippen LogP) is 3.30. The first-order valence-corrected chi connectivity index (χ1v) is 10.4. The van der Waals surface area contributed by atoms with E-state index in [9.17, 15) is 9.18 Å². The van der Waals surface area contributed by atoms with Gasteiger partial charge < -0.3 is 19.8 Å². The highest BCUT2D eigenvalue weighted by Crippen LogP contribution is 2.32. The van der Waals surface area contributed by atoms with Gasteiger partial charge in [0.05, 0.1) is 24.0 Å². The second-order valence-corrected chi connectivity index (χ2v) is 7.81. The van der Waals surface area contributed by atoms with Gasteiger partial charge in [-0.15, -0.1) is 5.10 Å². The van der Waals surface area contributed by atoms with E-state index in [4.69, 9.17) is 9.47 Å². The van der Waals surface area contributed by atoms with E-state index in [1.807, 2.05) is 24.3 Å². The van der Waals surface area contributed by atoms with Crippen molar-refractivity contribution in [2.75, 3.05) is 18.9 Å². The lowest BCUT2D eigenvalue weighted by molar-refractivity contribution is -0.119. The molecule has 0 radical (unpaired) electrons. The molecule has 2 aromatic carbocycles. The Hall–Kier alpha value is -3.33. The van der Waals surface area contributed by atoms with Gasteiger partial charge in [-0.3, -0.25) is 4.79 Å². The summed E-state index contributed by atoms with van der Waals surface area (Å²) in [6.45, 7) is 0.718. The van der Waals surface area contributed by atoms with Crippen LogP contribution in [0.1, 0.15) is 0 Å². The maximum Gasteiger partial charge on any atom is 0.230 e. The van der Waals surface area contributed by atoms with E-state index in [1.165, 1.54) is 23.9 Å². The Morgan fingerprint density at radius 1 is 1.23 bits per heavy atom. The SMILES string of the molecule is O=C(CSc1nncc2c1[nH]c1ccc(F)cc12)NC[C@H]1COc2ccccc2O1. The van der Waals surface area contributed by atoms with Crippen LogP contribution in [0.4, 0.5) is 4.39 Å². The highest BCUT2D eigenvalue weighted by atomic mass is 32.2. The summed E-state index contributed by atoms with van der Waals surface area (Å²) in [7, 11) is 0. The summed E-state index contributed by atoms with van der Waals surface area (Å²) in [6, 6.07) is 12.0. The minimum absolute atomic E-state index is 0.150. The minimum atomic E-state index is -0.315. The number of aromatic amines is 1. The molecular formula is C21H17FN4O3S. The van der Waals surface area contributed by atoms with E-state index in [0.29, 0.717) is 29.7 Å². The number of thioether (sulfide) groups is 1. The summed E-state index contributed by atoms with van der Waals surface area (Å²) in [5, 5.41) is 13.1. The van der Waals surface area contributed by atoms with E-state index in [0.717, 1.165) is 21.8 Å². The number of hydrogen-bond acceptors (Lipinski definition) is 6. The van der Waals surface area contributed by atoms with Gasteiger partial charge in [-0.25, -0.2) is 4.39 Å². The van der Waals surface area contributed by atoms with E-state index < -0.39 is 0 Å². The Morgan fingerprint density at radius 2 is 2.10 bits per heavy atom. The number of carbonyl (C=O) groups excluding carboxylic acids is 1. The van der Waals surface area contributed by atoms with Gasteiger partial charge in [-0.2, -0.15) is 5.10 Å². The third-order valence-electron chi connectivity index (χ3n) is 4.78. The lowest BCUT2D eigenvalue weighted by Gasteiger charge is -2.26. The molecule has 0 saturated heterocycles. The van der Waals surface area contributed by atoms with E-state index >= 15 is 0 Å². The molecule has 2 N–H and O–H groups in total. The molecule has 30 heavy (non-hydrogen) atoms. The van der Waals surface area contributed by atoms with Crippen LogP contribution in [0.15, 0.2) is 53.7 Å². The first kappa shape index (κ1) is 18.7. The van der Waals surface area contributed by atoms with Crippen LogP contribution in [-0.2, 0) is 4.79 Å². The monoisotopic (exact) mass is 424 g/mol. The summed E-state index contributed by atoms with van der Waals surface area (Å²) in [5.41, 5.74) is 1.53. The Kier molecular flexibility index (Phi) is 4.88. The van der Waals surface area contributed by atoms with E-state index in [2.05, 4.69) is 20.5 Å². The number of carbonyl (C=O) groups is 1. The van der Waals surface area contributed by atoms with Gasteiger partial charge in [-0.05, 0) is 30.3 Å². The van der Waals surface area contributed by atoms with Crippen LogP contribution in [0.5, 0.6) is 11.5 Å². The van der Waals surface area contributed by atoms with Crippen LogP contribution < -0.4 is 14.8 Å². The van der Waals surface area contributed by atoms with Gasteiger partial charge in [0, 0.05) is 16.3 Å². The number of hydrogen-bond donors (Lipinski definition) is 2. The molecule has 1 aliphatic rings. The van der Waals surface area contributed by atoms with Crippen LogP contribution in [0, 0.1) is 5.82 Å². The zero-order chi connectivity index (χ0) is 20.5. The first-order valence-electron chi connectivity index (χ1n) is 9.38. The van der Waals surface area contributed by atoms with Gasteiger partial charge in [0.15, 0.2) is 11.5 Å². The van der Waals surface area contributed by atoms with Gasteiger partial charge in [0.2, 0.25) is 5.91 Å². The highest BCUT2D eigenvalue weighted by molar-refractivity contribution is 8.00. The number of aromatic nitrogens is 3. The maximum atomic E-state index is 13.6. The molecule has 7 nitrogen and oxygen atoms in total. The number of halogens is 1. The molecule has 0 aliphatic carbocycles. The average molecular weight is 424 g/mol. The zero-order valence-corrected chi connectivity index (χ0v) is 16.5. The van der Waals surface area contributed by atoms with E-state index in [-0.39, 0.29) is 23.6 Å². The van der Waals surface area contributed by atoms with Gasteiger partial charge >= 0.3 is 0 Å². The number of ether oxygens (including phenoxy) is 2. The van der Waals surface area contributed by atoms with Crippen molar-refractivity contribution in [1.29, 1.82) is 0 Å². The molecule has 0 bridgehead atoms. The Morgan fingerprint density at radius 3 is 3.00 bits per heavy atom. The molecule has 3 heterocycles. The van der Waals surface area contributed by atoms with Gasteiger partial charge in [-0.1, -0.05) is 23.9 Å². The average Bonchev–Trinajstić information content (AvgIpc) is 3.14. The van der Waals surface area contributed by atoms with Gasteiger partial charge in [0.1, 0.15) is 23.6 Å². The summed E-state index contributed by atoms with van der Waals surface area (Å²) in [6.07, 6.45) is 1.34. The van der Waals surface area contributed by atoms with Crippen molar-refractivity contribution in [3.05, 3.63) is 54.5 Å². The Labute approximate surface area is 175 Å². The smallest absolute Gasteiger partial charge is 0.230 e. The molecule has 152 valence electrons. The molecule has 1 amide bonds. The molecule has 5 rings (SSSR count). The van der Waals surface area contributed by atoms with E-state index in [1.54, 1.807) is 12.3 Å². The number of amides is 1. The zero-order valence-electron chi connectivity index (χ0n) is 15.7. The molecule has 0 unspecified atom stereocenters. The number of nitrogens with zero attached hydrogens (tertiary/aromatic N) is 2. The predicted molar refractivity (Wildman–Crippen MR) is 111 cm³/mol. The fourth-order valence-electron chi connectivity index (χ4n) is 3.35. The Bertz CT molecular complexity index is 1250. The number of H-pyrrole nitrogens is 1. The lowest BCUT2D eigenvalue weighted by Crippen LogP contribution is -2.41. The second-order valence-electron chi connectivity index (χ2n) is 6.84. The normalized spacial score (nSPS) is 15.4. The summed E-state index contributed by atoms with van der Waals surface area (Å²) < 4.78 is 25.1. The number of rotatable bonds is 5. The van der Waals surface area contributed by atoms with Crippen molar-refractivity contribution in [3.8, 4) is 11.5 Å². The largest absolute Gasteiger partial charge is 0.486 e. The molecule has 0 fully saturated rings. The van der Waals surface area contributed by atoms with Crippen LogP contribution in [0.2, 0.25) is 0 Å². The van der Waals surface area contributed by atoms with Crippen molar-refractivity contribution in [3.63, 3.8) is 0 Å². The number of nitrogens with one attached hydrogen (secondary N) is 2. The highest BCUT2D eigenvalue weighted by Gasteiger charge is 2.21. The minimum Gasteiger partial charge on any atom is -0.486 e. The summed E-state index contributed by atoms with van der Waals surface area (Å²) >= 11 is 1.27.